The van der Waals surface area contributed by atoms with Gasteiger partial charge in [-0.25, -0.2) is 0 Å². The van der Waals surface area contributed by atoms with Gasteiger partial charge in [0.25, 0.3) is 5.69 Å². The van der Waals surface area contributed by atoms with E-state index >= 15 is 0 Å². The average Bonchev–Trinajstić information content (AvgIpc) is 2.43. The fraction of sp³-hybridized carbons (Fsp3) is 0.538. The van der Waals surface area contributed by atoms with Crippen LogP contribution >= 0.6 is 0 Å². The monoisotopic (exact) mass is 283 g/mol. The normalized spacial score (nSPS) is 10.5. The lowest BCUT2D eigenvalue weighted by Gasteiger charge is -2.08. The number of aryl methyl sites for hydroxylation is 1. The smallest absolute Gasteiger partial charge is 0.292 e. The molecular weight excluding hydrogens is 262 g/mol. The highest BCUT2D eigenvalue weighted by Gasteiger charge is 2.12. The van der Waals surface area contributed by atoms with E-state index in [1.54, 1.807) is 12.1 Å². The summed E-state index contributed by atoms with van der Waals surface area (Å²) in [5.74, 6) is 0. The first-order chi connectivity index (χ1) is 9.65. The van der Waals surface area contributed by atoms with E-state index in [1.807, 2.05) is 13.0 Å². The topological polar surface area (TPSA) is 99.7 Å². The summed E-state index contributed by atoms with van der Waals surface area (Å²) in [6.07, 6.45) is 0. The Hall–Kier alpha value is -1.70. The maximum absolute atomic E-state index is 10.9. The van der Waals surface area contributed by atoms with Crippen LogP contribution in [0.5, 0.6) is 0 Å². The Morgan fingerprint density at radius 3 is 2.60 bits per heavy atom. The third-order valence-electron chi connectivity index (χ3n) is 2.55. The number of nitrogens with one attached hydrogen (secondary N) is 1. The molecule has 0 amide bonds. The van der Waals surface area contributed by atoms with Crippen LogP contribution in [-0.2, 0) is 9.47 Å². The highest BCUT2D eigenvalue weighted by atomic mass is 16.6. The second-order valence-electron chi connectivity index (χ2n) is 4.22. The van der Waals surface area contributed by atoms with Crippen LogP contribution in [0.2, 0.25) is 0 Å². The Kier molecular flexibility index (Phi) is 7.56. The van der Waals surface area contributed by atoms with Crippen LogP contribution in [0, 0.1) is 17.0 Å². The molecule has 3 N–H and O–H groups in total. The summed E-state index contributed by atoms with van der Waals surface area (Å²) in [6, 6.07) is 5.08. The molecule has 0 aliphatic heterocycles. The van der Waals surface area contributed by atoms with Gasteiger partial charge in [-0.3, -0.25) is 10.1 Å². The Bertz CT molecular complexity index is 426. The van der Waals surface area contributed by atoms with Crippen molar-refractivity contribution < 1.29 is 14.4 Å². The van der Waals surface area contributed by atoms with E-state index in [4.69, 9.17) is 15.2 Å². The second-order valence-corrected chi connectivity index (χ2v) is 4.22. The van der Waals surface area contributed by atoms with Crippen LogP contribution in [-0.4, -0.2) is 44.4 Å². The van der Waals surface area contributed by atoms with Crippen molar-refractivity contribution in [1.29, 1.82) is 0 Å². The van der Waals surface area contributed by atoms with Crippen LogP contribution < -0.4 is 11.1 Å². The molecule has 0 saturated heterocycles. The Morgan fingerprint density at radius 2 is 1.95 bits per heavy atom. The van der Waals surface area contributed by atoms with Crippen LogP contribution in [0.3, 0.4) is 0 Å². The summed E-state index contributed by atoms with van der Waals surface area (Å²) < 4.78 is 10.5. The Balaban J connectivity index is 2.27. The van der Waals surface area contributed by atoms with E-state index < -0.39 is 4.92 Å². The molecule has 112 valence electrons. The van der Waals surface area contributed by atoms with Crippen LogP contribution in [0.1, 0.15) is 5.56 Å². The predicted molar refractivity (Wildman–Crippen MR) is 77.0 cm³/mol. The molecule has 0 bridgehead atoms. The maximum Gasteiger partial charge on any atom is 0.292 e. The van der Waals surface area contributed by atoms with E-state index in [-0.39, 0.29) is 5.69 Å². The maximum atomic E-state index is 10.9. The Morgan fingerprint density at radius 1 is 1.25 bits per heavy atom. The summed E-state index contributed by atoms with van der Waals surface area (Å²) in [5.41, 5.74) is 6.71. The van der Waals surface area contributed by atoms with E-state index in [0.717, 1.165) is 5.56 Å². The summed E-state index contributed by atoms with van der Waals surface area (Å²) in [6.45, 7) is 4.79. The number of benzene rings is 1. The first-order valence-electron chi connectivity index (χ1n) is 6.49. The fourth-order valence-corrected chi connectivity index (χ4v) is 1.61. The zero-order valence-electron chi connectivity index (χ0n) is 11.6. The lowest BCUT2D eigenvalue weighted by Crippen LogP contribution is -2.15. The minimum Gasteiger partial charge on any atom is -0.378 e. The molecule has 1 aromatic rings. The van der Waals surface area contributed by atoms with Crippen molar-refractivity contribution in [2.24, 2.45) is 5.73 Å². The number of hydrogen-bond donors (Lipinski definition) is 2. The van der Waals surface area contributed by atoms with Gasteiger partial charge >= 0.3 is 0 Å². The summed E-state index contributed by atoms with van der Waals surface area (Å²) >= 11 is 0. The molecule has 0 aromatic heterocycles. The number of ether oxygens (including phenoxy) is 2. The van der Waals surface area contributed by atoms with Gasteiger partial charge < -0.3 is 20.5 Å². The van der Waals surface area contributed by atoms with Gasteiger partial charge in [0.1, 0.15) is 5.69 Å². The third-order valence-corrected chi connectivity index (χ3v) is 2.55. The third kappa shape index (κ3) is 5.96. The number of hydrogen-bond acceptors (Lipinski definition) is 6. The Labute approximate surface area is 118 Å². The number of rotatable bonds is 10. The van der Waals surface area contributed by atoms with Gasteiger partial charge in [0.05, 0.1) is 31.4 Å². The molecule has 0 aliphatic rings. The largest absolute Gasteiger partial charge is 0.378 e. The molecule has 0 radical (unpaired) electrons. The summed E-state index contributed by atoms with van der Waals surface area (Å²) in [7, 11) is 0. The van der Waals surface area contributed by atoms with Gasteiger partial charge in [0, 0.05) is 19.2 Å². The summed E-state index contributed by atoms with van der Waals surface area (Å²) in [5, 5.41) is 13.9. The van der Waals surface area contributed by atoms with E-state index in [9.17, 15) is 10.1 Å². The van der Waals surface area contributed by atoms with Crippen LogP contribution in [0.4, 0.5) is 11.4 Å². The van der Waals surface area contributed by atoms with E-state index in [2.05, 4.69) is 5.32 Å². The molecule has 0 fully saturated rings. The van der Waals surface area contributed by atoms with Crippen molar-refractivity contribution in [2.45, 2.75) is 6.92 Å². The summed E-state index contributed by atoms with van der Waals surface area (Å²) in [4.78, 5) is 10.5. The fourth-order valence-electron chi connectivity index (χ4n) is 1.61. The van der Waals surface area contributed by atoms with E-state index in [0.29, 0.717) is 45.2 Å². The SMILES string of the molecule is Cc1ccc(NCCOCCOCCN)c([N+](=O)[O-])c1. The molecule has 7 nitrogen and oxygen atoms in total. The van der Waals surface area contributed by atoms with Crippen molar-refractivity contribution in [3.63, 3.8) is 0 Å². The van der Waals surface area contributed by atoms with Crippen molar-refractivity contribution in [1.82, 2.24) is 0 Å². The van der Waals surface area contributed by atoms with Crippen molar-refractivity contribution in [3.8, 4) is 0 Å². The molecular formula is C13H21N3O4. The minimum absolute atomic E-state index is 0.0799. The lowest BCUT2D eigenvalue weighted by atomic mass is 10.2. The zero-order valence-corrected chi connectivity index (χ0v) is 11.6. The standard InChI is InChI=1S/C13H21N3O4/c1-11-2-3-12(13(10-11)16(17)18)15-5-7-20-9-8-19-6-4-14/h2-3,10,15H,4-9,14H2,1H3. The van der Waals surface area contributed by atoms with Gasteiger partial charge in [0.15, 0.2) is 0 Å². The van der Waals surface area contributed by atoms with Gasteiger partial charge in [-0.2, -0.15) is 0 Å². The molecule has 0 aliphatic carbocycles. The molecule has 20 heavy (non-hydrogen) atoms. The number of anilines is 1. The molecule has 1 aromatic carbocycles. The minimum atomic E-state index is -0.392. The molecule has 0 unspecified atom stereocenters. The van der Waals surface area contributed by atoms with Crippen molar-refractivity contribution >= 4 is 11.4 Å². The number of nitro groups is 1. The van der Waals surface area contributed by atoms with Gasteiger partial charge in [-0.1, -0.05) is 6.07 Å². The molecule has 0 atom stereocenters. The van der Waals surface area contributed by atoms with Gasteiger partial charge in [0.2, 0.25) is 0 Å². The second kappa shape index (κ2) is 9.24. The highest BCUT2D eigenvalue weighted by Crippen LogP contribution is 2.24. The molecule has 0 spiro atoms. The molecule has 0 heterocycles. The lowest BCUT2D eigenvalue weighted by molar-refractivity contribution is -0.384. The highest BCUT2D eigenvalue weighted by molar-refractivity contribution is 5.62. The first-order valence-corrected chi connectivity index (χ1v) is 6.49. The number of nitro benzene ring substituents is 1. The van der Waals surface area contributed by atoms with Crippen LogP contribution in [0.25, 0.3) is 0 Å². The van der Waals surface area contributed by atoms with Crippen molar-refractivity contribution in [2.75, 3.05) is 44.8 Å². The molecule has 7 heteroatoms. The zero-order chi connectivity index (χ0) is 14.8. The van der Waals surface area contributed by atoms with Gasteiger partial charge in [-0.05, 0) is 18.6 Å². The predicted octanol–water partition coefficient (Wildman–Crippen LogP) is 1.31. The van der Waals surface area contributed by atoms with E-state index in [1.165, 1.54) is 0 Å². The van der Waals surface area contributed by atoms with Gasteiger partial charge in [-0.15, -0.1) is 0 Å². The molecule has 1 rings (SSSR count). The number of nitrogens with two attached hydrogens (primary N) is 1. The quantitative estimate of drug-likeness (QED) is 0.381. The number of nitrogens with zero attached hydrogens (tertiary/aromatic N) is 1. The average molecular weight is 283 g/mol. The first kappa shape index (κ1) is 16.4. The van der Waals surface area contributed by atoms with Crippen molar-refractivity contribution in [3.05, 3.63) is 33.9 Å². The van der Waals surface area contributed by atoms with Crippen LogP contribution in [0.15, 0.2) is 18.2 Å². The molecule has 0 saturated carbocycles.